The molecule has 0 aromatic heterocycles. The standard InChI is InChI=1S/C23H35N3O3/c1-7-16-14-17(12-13-19(16)24-15(2)27)21(28)25-20(23(3,4)5)22(29)26(6)18-10-8-9-11-18/h12-14,18,20H,7-11H2,1-6H3,(H,24,27)(H,25,28). The van der Waals surface area contributed by atoms with Crippen LogP contribution in [0.1, 0.15) is 76.2 Å². The first kappa shape index (κ1) is 22.9. The largest absolute Gasteiger partial charge is 0.341 e. The smallest absolute Gasteiger partial charge is 0.251 e. The van der Waals surface area contributed by atoms with Crippen molar-refractivity contribution in [2.24, 2.45) is 5.41 Å². The van der Waals surface area contributed by atoms with Crippen molar-refractivity contribution in [3.05, 3.63) is 29.3 Å². The van der Waals surface area contributed by atoms with Crippen LogP contribution in [-0.2, 0) is 16.0 Å². The van der Waals surface area contributed by atoms with Crippen molar-refractivity contribution in [1.29, 1.82) is 0 Å². The third kappa shape index (κ3) is 5.81. The van der Waals surface area contributed by atoms with Gasteiger partial charge in [0.05, 0.1) is 0 Å². The van der Waals surface area contributed by atoms with Gasteiger partial charge in [-0.15, -0.1) is 0 Å². The van der Waals surface area contributed by atoms with E-state index in [-0.39, 0.29) is 23.8 Å². The zero-order valence-corrected chi connectivity index (χ0v) is 18.6. The van der Waals surface area contributed by atoms with Crippen molar-refractivity contribution in [3.8, 4) is 0 Å². The quantitative estimate of drug-likeness (QED) is 0.762. The van der Waals surface area contributed by atoms with Crippen LogP contribution in [0.2, 0.25) is 0 Å². The zero-order valence-electron chi connectivity index (χ0n) is 18.6. The number of nitrogens with zero attached hydrogens (tertiary/aromatic N) is 1. The monoisotopic (exact) mass is 401 g/mol. The Hall–Kier alpha value is -2.37. The van der Waals surface area contributed by atoms with Gasteiger partial charge in [0.2, 0.25) is 11.8 Å². The molecule has 1 fully saturated rings. The Morgan fingerprint density at radius 1 is 1.17 bits per heavy atom. The van der Waals surface area contributed by atoms with Gasteiger partial charge in [0, 0.05) is 31.3 Å². The van der Waals surface area contributed by atoms with E-state index in [9.17, 15) is 14.4 Å². The summed E-state index contributed by atoms with van der Waals surface area (Å²) in [7, 11) is 1.85. The normalized spacial score (nSPS) is 15.7. The van der Waals surface area contributed by atoms with E-state index in [1.54, 1.807) is 18.2 Å². The lowest BCUT2D eigenvalue weighted by Gasteiger charge is -2.35. The number of hydrogen-bond donors (Lipinski definition) is 2. The van der Waals surface area contributed by atoms with Crippen LogP contribution in [0, 0.1) is 5.41 Å². The number of aryl methyl sites for hydroxylation is 1. The van der Waals surface area contributed by atoms with Crippen molar-refractivity contribution in [3.63, 3.8) is 0 Å². The number of rotatable bonds is 6. The summed E-state index contributed by atoms with van der Waals surface area (Å²) in [6, 6.07) is 4.86. The molecule has 0 radical (unpaired) electrons. The fourth-order valence-corrected chi connectivity index (χ4v) is 3.88. The highest BCUT2D eigenvalue weighted by Gasteiger charge is 2.37. The van der Waals surface area contributed by atoms with Crippen LogP contribution in [0.25, 0.3) is 0 Å². The number of anilines is 1. The molecule has 1 saturated carbocycles. The Balaban J connectivity index is 2.21. The molecule has 1 aliphatic carbocycles. The molecule has 160 valence electrons. The Bertz CT molecular complexity index is 761. The lowest BCUT2D eigenvalue weighted by Crippen LogP contribution is -2.55. The van der Waals surface area contributed by atoms with Gasteiger partial charge in [0.25, 0.3) is 5.91 Å². The maximum Gasteiger partial charge on any atom is 0.251 e. The summed E-state index contributed by atoms with van der Waals surface area (Å²) in [6.45, 7) is 9.34. The molecule has 1 atom stereocenters. The summed E-state index contributed by atoms with van der Waals surface area (Å²) in [5.74, 6) is -0.462. The maximum atomic E-state index is 13.2. The number of hydrogen-bond acceptors (Lipinski definition) is 3. The molecular formula is C23H35N3O3. The highest BCUT2D eigenvalue weighted by Crippen LogP contribution is 2.27. The van der Waals surface area contributed by atoms with E-state index in [0.29, 0.717) is 17.7 Å². The first-order chi connectivity index (χ1) is 13.5. The maximum absolute atomic E-state index is 13.2. The van der Waals surface area contributed by atoms with E-state index >= 15 is 0 Å². The highest BCUT2D eigenvalue weighted by atomic mass is 16.2. The molecule has 29 heavy (non-hydrogen) atoms. The molecule has 6 nitrogen and oxygen atoms in total. The van der Waals surface area contributed by atoms with Gasteiger partial charge >= 0.3 is 0 Å². The molecule has 1 aromatic rings. The molecule has 0 aliphatic heterocycles. The second-order valence-electron chi connectivity index (χ2n) is 9.07. The lowest BCUT2D eigenvalue weighted by molar-refractivity contribution is -0.136. The van der Waals surface area contributed by atoms with E-state index in [1.165, 1.54) is 6.92 Å². The van der Waals surface area contributed by atoms with Crippen molar-refractivity contribution in [1.82, 2.24) is 10.2 Å². The molecule has 1 aliphatic rings. The molecular weight excluding hydrogens is 366 g/mol. The molecule has 2 rings (SSSR count). The summed E-state index contributed by atoms with van der Waals surface area (Å²) in [4.78, 5) is 39.4. The van der Waals surface area contributed by atoms with Gasteiger partial charge in [-0.2, -0.15) is 0 Å². The van der Waals surface area contributed by atoms with Crippen LogP contribution in [0.4, 0.5) is 5.69 Å². The van der Waals surface area contributed by atoms with Crippen LogP contribution in [-0.4, -0.2) is 41.8 Å². The molecule has 0 saturated heterocycles. The topological polar surface area (TPSA) is 78.5 Å². The van der Waals surface area contributed by atoms with Gasteiger partial charge in [0.1, 0.15) is 6.04 Å². The molecule has 6 heteroatoms. The minimum absolute atomic E-state index is 0.0386. The SMILES string of the molecule is CCc1cc(C(=O)NC(C(=O)N(C)C2CCCC2)C(C)(C)C)ccc1NC(C)=O. The number of amides is 3. The Morgan fingerprint density at radius 3 is 2.31 bits per heavy atom. The first-order valence-corrected chi connectivity index (χ1v) is 10.5. The molecule has 1 aromatic carbocycles. The predicted octanol–water partition coefficient (Wildman–Crippen LogP) is 3.75. The number of benzene rings is 1. The first-order valence-electron chi connectivity index (χ1n) is 10.5. The number of carbonyl (C=O) groups excluding carboxylic acids is 3. The average Bonchev–Trinajstić information content (AvgIpc) is 3.18. The fourth-order valence-electron chi connectivity index (χ4n) is 3.88. The van der Waals surface area contributed by atoms with E-state index in [4.69, 9.17) is 0 Å². The van der Waals surface area contributed by atoms with Crippen molar-refractivity contribution in [2.75, 3.05) is 12.4 Å². The molecule has 3 amide bonds. The molecule has 0 spiro atoms. The van der Waals surface area contributed by atoms with Crippen molar-refractivity contribution in [2.45, 2.75) is 78.8 Å². The predicted molar refractivity (Wildman–Crippen MR) is 116 cm³/mol. The Labute approximate surface area is 174 Å². The minimum Gasteiger partial charge on any atom is -0.341 e. The van der Waals surface area contributed by atoms with E-state index in [0.717, 1.165) is 31.2 Å². The Kier molecular flexibility index (Phi) is 7.44. The van der Waals surface area contributed by atoms with Gasteiger partial charge in [-0.05, 0) is 48.4 Å². The molecule has 2 N–H and O–H groups in total. The van der Waals surface area contributed by atoms with Crippen LogP contribution in [0.3, 0.4) is 0 Å². The van der Waals surface area contributed by atoms with Gasteiger partial charge in [-0.3, -0.25) is 14.4 Å². The number of carbonyl (C=O) groups is 3. The second kappa shape index (κ2) is 9.42. The number of likely N-dealkylation sites (N-methyl/N-ethyl adjacent to an activating group) is 1. The zero-order chi connectivity index (χ0) is 21.8. The molecule has 1 unspecified atom stereocenters. The lowest BCUT2D eigenvalue weighted by atomic mass is 9.85. The summed E-state index contributed by atoms with van der Waals surface area (Å²) in [5.41, 5.74) is 1.67. The van der Waals surface area contributed by atoms with Gasteiger partial charge in [-0.1, -0.05) is 40.5 Å². The third-order valence-electron chi connectivity index (χ3n) is 5.67. The van der Waals surface area contributed by atoms with Crippen LogP contribution >= 0.6 is 0 Å². The van der Waals surface area contributed by atoms with Gasteiger partial charge in [-0.25, -0.2) is 0 Å². The molecule has 0 bridgehead atoms. The van der Waals surface area contributed by atoms with Crippen molar-refractivity contribution < 1.29 is 14.4 Å². The van der Waals surface area contributed by atoms with E-state index in [2.05, 4.69) is 10.6 Å². The second-order valence-corrected chi connectivity index (χ2v) is 9.07. The summed E-state index contributed by atoms with van der Waals surface area (Å²) < 4.78 is 0. The average molecular weight is 402 g/mol. The van der Waals surface area contributed by atoms with Crippen LogP contribution in [0.5, 0.6) is 0 Å². The number of nitrogens with one attached hydrogen (secondary N) is 2. The van der Waals surface area contributed by atoms with E-state index < -0.39 is 11.5 Å². The van der Waals surface area contributed by atoms with Gasteiger partial charge < -0.3 is 15.5 Å². The summed E-state index contributed by atoms with van der Waals surface area (Å²) >= 11 is 0. The summed E-state index contributed by atoms with van der Waals surface area (Å²) in [5, 5.41) is 5.76. The van der Waals surface area contributed by atoms with Crippen LogP contribution < -0.4 is 10.6 Å². The molecule has 0 heterocycles. The third-order valence-corrected chi connectivity index (χ3v) is 5.67. The van der Waals surface area contributed by atoms with E-state index in [1.807, 2.05) is 39.6 Å². The Morgan fingerprint density at radius 2 is 1.79 bits per heavy atom. The van der Waals surface area contributed by atoms with Crippen LogP contribution in [0.15, 0.2) is 18.2 Å². The highest BCUT2D eigenvalue weighted by molar-refractivity contribution is 5.99. The van der Waals surface area contributed by atoms with Gasteiger partial charge in [0.15, 0.2) is 0 Å². The summed E-state index contributed by atoms with van der Waals surface area (Å²) in [6.07, 6.45) is 5.03. The fraction of sp³-hybridized carbons (Fsp3) is 0.609. The van der Waals surface area contributed by atoms with Crippen molar-refractivity contribution >= 4 is 23.4 Å². The minimum atomic E-state index is -0.610.